The molecule has 3 rings (SSSR count). The van der Waals surface area contributed by atoms with Crippen LogP contribution in [-0.4, -0.2) is 39.1 Å². The van der Waals surface area contributed by atoms with Gasteiger partial charge in [-0.1, -0.05) is 6.92 Å². The number of aromatic nitrogens is 3. The van der Waals surface area contributed by atoms with Crippen molar-refractivity contribution in [2.45, 2.75) is 26.2 Å². The van der Waals surface area contributed by atoms with Crippen LogP contribution in [0.1, 0.15) is 25.6 Å². The molecule has 1 aliphatic rings. The number of hydrogen-bond acceptors (Lipinski definition) is 4. The molecule has 19 heavy (non-hydrogen) atoms. The van der Waals surface area contributed by atoms with E-state index in [1.54, 1.807) is 4.52 Å². The molecule has 1 saturated heterocycles. The summed E-state index contributed by atoms with van der Waals surface area (Å²) in [5.41, 5.74) is 7.36. The molecule has 0 unspecified atom stereocenters. The van der Waals surface area contributed by atoms with E-state index in [1.165, 1.54) is 32.5 Å². The van der Waals surface area contributed by atoms with Gasteiger partial charge in [-0.2, -0.15) is 5.10 Å². The standard InChI is InChI=1S/C14H21N5/c1-2-18-7-5-11(6-8-18)9-13-16-14-4-3-12(15)10-19(14)17-13/h3-4,10-11H,2,5-9,15H2,1H3. The molecule has 5 heteroatoms. The molecule has 2 aromatic heterocycles. The fourth-order valence-electron chi connectivity index (χ4n) is 2.80. The molecule has 5 nitrogen and oxygen atoms in total. The minimum absolute atomic E-state index is 0.720. The molecule has 0 aromatic carbocycles. The summed E-state index contributed by atoms with van der Waals surface area (Å²) < 4.78 is 1.78. The maximum Gasteiger partial charge on any atom is 0.155 e. The topological polar surface area (TPSA) is 59.5 Å². The summed E-state index contributed by atoms with van der Waals surface area (Å²) >= 11 is 0. The Kier molecular flexibility index (Phi) is 3.38. The van der Waals surface area contributed by atoms with Crippen molar-refractivity contribution < 1.29 is 0 Å². The Morgan fingerprint density at radius 1 is 1.32 bits per heavy atom. The molecule has 3 heterocycles. The predicted octanol–water partition coefficient (Wildman–Crippen LogP) is 1.59. The van der Waals surface area contributed by atoms with Gasteiger partial charge < -0.3 is 10.6 Å². The van der Waals surface area contributed by atoms with Crippen molar-refractivity contribution >= 4 is 11.3 Å². The van der Waals surface area contributed by atoms with E-state index in [9.17, 15) is 0 Å². The Bertz CT molecular complexity index is 554. The van der Waals surface area contributed by atoms with E-state index in [0.29, 0.717) is 0 Å². The van der Waals surface area contributed by atoms with Crippen LogP contribution in [0.3, 0.4) is 0 Å². The number of rotatable bonds is 3. The van der Waals surface area contributed by atoms with E-state index in [1.807, 2.05) is 18.3 Å². The third-order valence-corrected chi connectivity index (χ3v) is 4.02. The van der Waals surface area contributed by atoms with E-state index in [0.717, 1.165) is 29.5 Å². The number of nitrogen functional groups attached to an aromatic ring is 1. The van der Waals surface area contributed by atoms with Crippen LogP contribution in [0.25, 0.3) is 5.65 Å². The van der Waals surface area contributed by atoms with Crippen LogP contribution in [-0.2, 0) is 6.42 Å². The van der Waals surface area contributed by atoms with Gasteiger partial charge in [-0.25, -0.2) is 9.50 Å². The quantitative estimate of drug-likeness (QED) is 0.909. The van der Waals surface area contributed by atoms with Crippen molar-refractivity contribution in [2.24, 2.45) is 5.92 Å². The minimum Gasteiger partial charge on any atom is -0.397 e. The molecule has 1 aliphatic heterocycles. The number of pyridine rings is 1. The second-order valence-electron chi connectivity index (χ2n) is 5.37. The Labute approximate surface area is 113 Å². The summed E-state index contributed by atoms with van der Waals surface area (Å²) in [7, 11) is 0. The molecule has 2 N–H and O–H groups in total. The highest BCUT2D eigenvalue weighted by Crippen LogP contribution is 2.20. The molecule has 0 saturated carbocycles. The van der Waals surface area contributed by atoms with E-state index in [4.69, 9.17) is 5.73 Å². The summed E-state index contributed by atoms with van der Waals surface area (Å²) in [4.78, 5) is 7.08. The molecular formula is C14H21N5. The van der Waals surface area contributed by atoms with Gasteiger partial charge in [0.1, 0.15) is 0 Å². The van der Waals surface area contributed by atoms with E-state index in [2.05, 4.69) is 21.9 Å². The number of fused-ring (bicyclic) bond motifs is 1. The maximum absolute atomic E-state index is 5.75. The van der Waals surface area contributed by atoms with E-state index >= 15 is 0 Å². The zero-order valence-electron chi connectivity index (χ0n) is 11.4. The van der Waals surface area contributed by atoms with Gasteiger partial charge >= 0.3 is 0 Å². The summed E-state index contributed by atoms with van der Waals surface area (Å²) in [5.74, 6) is 1.66. The smallest absolute Gasteiger partial charge is 0.155 e. The monoisotopic (exact) mass is 259 g/mol. The van der Waals surface area contributed by atoms with Gasteiger partial charge in [-0.15, -0.1) is 0 Å². The van der Waals surface area contributed by atoms with Crippen molar-refractivity contribution in [2.75, 3.05) is 25.4 Å². The molecule has 1 fully saturated rings. The van der Waals surface area contributed by atoms with Crippen molar-refractivity contribution in [3.63, 3.8) is 0 Å². The number of likely N-dealkylation sites (tertiary alicyclic amines) is 1. The summed E-state index contributed by atoms with van der Waals surface area (Å²) in [6.07, 6.45) is 5.32. The van der Waals surface area contributed by atoms with Crippen LogP contribution in [0.15, 0.2) is 18.3 Å². The minimum atomic E-state index is 0.720. The molecule has 0 radical (unpaired) electrons. The zero-order valence-corrected chi connectivity index (χ0v) is 11.4. The van der Waals surface area contributed by atoms with Crippen molar-refractivity contribution in [1.82, 2.24) is 19.5 Å². The van der Waals surface area contributed by atoms with Crippen molar-refractivity contribution in [3.05, 3.63) is 24.2 Å². The van der Waals surface area contributed by atoms with Crippen LogP contribution in [0, 0.1) is 5.92 Å². The molecule has 0 spiro atoms. The molecule has 0 atom stereocenters. The van der Waals surface area contributed by atoms with E-state index < -0.39 is 0 Å². The summed E-state index contributed by atoms with van der Waals surface area (Å²) in [6, 6.07) is 3.79. The number of nitrogens with two attached hydrogens (primary N) is 1. The Morgan fingerprint density at radius 3 is 2.84 bits per heavy atom. The summed E-state index contributed by atoms with van der Waals surface area (Å²) in [6.45, 7) is 5.82. The van der Waals surface area contributed by atoms with Gasteiger partial charge in [-0.05, 0) is 50.5 Å². The molecule has 0 amide bonds. The molecule has 102 valence electrons. The van der Waals surface area contributed by atoms with Gasteiger partial charge in [0.25, 0.3) is 0 Å². The largest absolute Gasteiger partial charge is 0.397 e. The number of anilines is 1. The van der Waals surface area contributed by atoms with Crippen molar-refractivity contribution in [1.29, 1.82) is 0 Å². The lowest BCUT2D eigenvalue weighted by atomic mass is 9.93. The van der Waals surface area contributed by atoms with Crippen molar-refractivity contribution in [3.8, 4) is 0 Å². The predicted molar refractivity (Wildman–Crippen MR) is 75.9 cm³/mol. The molecule has 0 bridgehead atoms. The first-order valence-corrected chi connectivity index (χ1v) is 7.07. The highest BCUT2D eigenvalue weighted by atomic mass is 15.3. The lowest BCUT2D eigenvalue weighted by molar-refractivity contribution is 0.191. The zero-order chi connectivity index (χ0) is 13.2. The van der Waals surface area contributed by atoms with Gasteiger partial charge in [-0.3, -0.25) is 0 Å². The normalized spacial score (nSPS) is 18.2. The van der Waals surface area contributed by atoms with Crippen LogP contribution >= 0.6 is 0 Å². The fraction of sp³-hybridized carbons (Fsp3) is 0.571. The second-order valence-corrected chi connectivity index (χ2v) is 5.37. The molecular weight excluding hydrogens is 238 g/mol. The van der Waals surface area contributed by atoms with Gasteiger partial charge in [0.05, 0.1) is 11.9 Å². The van der Waals surface area contributed by atoms with Crippen LogP contribution < -0.4 is 5.73 Å². The Balaban J connectivity index is 1.68. The first-order chi connectivity index (χ1) is 9.24. The van der Waals surface area contributed by atoms with Crippen LogP contribution in [0.2, 0.25) is 0 Å². The third-order valence-electron chi connectivity index (χ3n) is 4.02. The Morgan fingerprint density at radius 2 is 2.11 bits per heavy atom. The Hall–Kier alpha value is -1.62. The third kappa shape index (κ3) is 2.71. The summed E-state index contributed by atoms with van der Waals surface area (Å²) in [5, 5.41) is 4.52. The lowest BCUT2D eigenvalue weighted by Gasteiger charge is -2.30. The highest BCUT2D eigenvalue weighted by Gasteiger charge is 2.20. The SMILES string of the molecule is CCN1CCC(Cc2nc3ccc(N)cn3n2)CC1. The van der Waals surface area contributed by atoms with Gasteiger partial charge in [0.15, 0.2) is 11.5 Å². The number of piperidine rings is 1. The number of hydrogen-bond donors (Lipinski definition) is 1. The van der Waals surface area contributed by atoms with Crippen LogP contribution in [0.5, 0.6) is 0 Å². The van der Waals surface area contributed by atoms with E-state index in [-0.39, 0.29) is 0 Å². The lowest BCUT2D eigenvalue weighted by Crippen LogP contribution is -2.34. The average molecular weight is 259 g/mol. The fourth-order valence-corrected chi connectivity index (χ4v) is 2.80. The molecule has 2 aromatic rings. The average Bonchev–Trinajstić information content (AvgIpc) is 2.81. The first kappa shape index (κ1) is 12.4. The number of nitrogens with zero attached hydrogens (tertiary/aromatic N) is 4. The molecule has 0 aliphatic carbocycles. The highest BCUT2D eigenvalue weighted by molar-refractivity contribution is 5.46. The van der Waals surface area contributed by atoms with Gasteiger partial charge in [0, 0.05) is 6.42 Å². The van der Waals surface area contributed by atoms with Crippen LogP contribution in [0.4, 0.5) is 5.69 Å². The second kappa shape index (κ2) is 5.17. The maximum atomic E-state index is 5.75. The van der Waals surface area contributed by atoms with Gasteiger partial charge in [0.2, 0.25) is 0 Å². The first-order valence-electron chi connectivity index (χ1n) is 7.07.